The van der Waals surface area contributed by atoms with E-state index in [1.54, 1.807) is 12.1 Å². The first kappa shape index (κ1) is 18.7. The molecule has 0 spiro atoms. The first-order valence-electron chi connectivity index (χ1n) is 8.81. The number of halogens is 1. The zero-order chi connectivity index (χ0) is 18.4. The second-order valence-electron chi connectivity index (χ2n) is 6.31. The van der Waals surface area contributed by atoms with Gasteiger partial charge < -0.3 is 15.5 Å². The van der Waals surface area contributed by atoms with Crippen LogP contribution in [0.4, 0.5) is 11.4 Å². The molecule has 5 nitrogen and oxygen atoms in total. The number of nitrogens with one attached hydrogen (secondary N) is 2. The summed E-state index contributed by atoms with van der Waals surface area (Å²) in [6.07, 6.45) is 3.77. The van der Waals surface area contributed by atoms with Gasteiger partial charge in [-0.15, -0.1) is 0 Å². The van der Waals surface area contributed by atoms with Gasteiger partial charge in [-0.2, -0.15) is 0 Å². The van der Waals surface area contributed by atoms with Gasteiger partial charge in [-0.05, 0) is 78.3 Å². The molecule has 0 aliphatic carbocycles. The van der Waals surface area contributed by atoms with Gasteiger partial charge in [0.2, 0.25) is 5.91 Å². The van der Waals surface area contributed by atoms with Gasteiger partial charge in [-0.1, -0.05) is 12.1 Å². The van der Waals surface area contributed by atoms with Crippen LogP contribution in [0.15, 0.2) is 48.5 Å². The van der Waals surface area contributed by atoms with Crippen molar-refractivity contribution in [1.29, 1.82) is 0 Å². The Hall–Kier alpha value is -2.09. The van der Waals surface area contributed by atoms with Crippen molar-refractivity contribution in [3.05, 3.63) is 57.7 Å². The van der Waals surface area contributed by atoms with E-state index in [0.29, 0.717) is 5.56 Å². The molecule has 6 heteroatoms. The van der Waals surface area contributed by atoms with Gasteiger partial charge >= 0.3 is 0 Å². The molecule has 1 aliphatic rings. The minimum atomic E-state index is -0.245. The van der Waals surface area contributed by atoms with E-state index in [0.717, 1.165) is 22.3 Å². The zero-order valence-electron chi connectivity index (χ0n) is 14.5. The van der Waals surface area contributed by atoms with Crippen molar-refractivity contribution in [2.24, 2.45) is 0 Å². The molecule has 26 heavy (non-hydrogen) atoms. The lowest BCUT2D eigenvalue weighted by Crippen LogP contribution is -2.33. The second-order valence-corrected chi connectivity index (χ2v) is 7.47. The lowest BCUT2D eigenvalue weighted by Gasteiger charge is -2.28. The summed E-state index contributed by atoms with van der Waals surface area (Å²) in [6.45, 7) is 2.13. The van der Waals surface area contributed by atoms with E-state index >= 15 is 0 Å². The van der Waals surface area contributed by atoms with Crippen LogP contribution in [0.5, 0.6) is 0 Å². The number of hydrogen-bond acceptors (Lipinski definition) is 3. The average Bonchev–Trinajstić information content (AvgIpc) is 2.68. The van der Waals surface area contributed by atoms with Crippen molar-refractivity contribution in [3.63, 3.8) is 0 Å². The number of hydrogen-bond donors (Lipinski definition) is 2. The van der Waals surface area contributed by atoms with Crippen LogP contribution in [0.3, 0.4) is 0 Å². The van der Waals surface area contributed by atoms with Gasteiger partial charge in [-0.3, -0.25) is 9.59 Å². The van der Waals surface area contributed by atoms with Crippen LogP contribution in [0.1, 0.15) is 29.6 Å². The number of rotatable bonds is 5. The summed E-state index contributed by atoms with van der Waals surface area (Å²) < 4.78 is 0.858. The van der Waals surface area contributed by atoms with Gasteiger partial charge in [0.25, 0.3) is 5.91 Å². The van der Waals surface area contributed by atoms with Crippen LogP contribution in [-0.4, -0.2) is 31.4 Å². The highest BCUT2D eigenvalue weighted by molar-refractivity contribution is 14.1. The van der Waals surface area contributed by atoms with Gasteiger partial charge in [0, 0.05) is 28.0 Å². The largest absolute Gasteiger partial charge is 0.372 e. The van der Waals surface area contributed by atoms with Crippen molar-refractivity contribution < 1.29 is 9.59 Å². The van der Waals surface area contributed by atoms with Gasteiger partial charge in [0.05, 0.1) is 12.1 Å². The lowest BCUT2D eigenvalue weighted by atomic mass is 10.1. The molecule has 2 N–H and O–H groups in total. The topological polar surface area (TPSA) is 61.4 Å². The van der Waals surface area contributed by atoms with E-state index in [1.165, 1.54) is 24.9 Å². The molecule has 1 saturated heterocycles. The van der Waals surface area contributed by atoms with Crippen LogP contribution in [0.2, 0.25) is 0 Å². The third-order valence-electron chi connectivity index (χ3n) is 4.40. The summed E-state index contributed by atoms with van der Waals surface area (Å²) in [6, 6.07) is 15.2. The van der Waals surface area contributed by atoms with E-state index in [-0.39, 0.29) is 18.4 Å². The molecule has 0 aromatic heterocycles. The Kier molecular flexibility index (Phi) is 6.49. The van der Waals surface area contributed by atoms with E-state index in [4.69, 9.17) is 0 Å². The molecule has 1 heterocycles. The molecule has 1 fully saturated rings. The van der Waals surface area contributed by atoms with Crippen molar-refractivity contribution in [1.82, 2.24) is 5.32 Å². The number of carbonyl (C=O) groups excluding carboxylic acids is 2. The Morgan fingerprint density at radius 1 is 0.962 bits per heavy atom. The summed E-state index contributed by atoms with van der Waals surface area (Å²) in [5, 5.41) is 5.48. The molecule has 1 aliphatic heterocycles. The summed E-state index contributed by atoms with van der Waals surface area (Å²) in [7, 11) is 0. The molecule has 3 rings (SSSR count). The van der Waals surface area contributed by atoms with Crippen LogP contribution in [0, 0.1) is 3.57 Å². The van der Waals surface area contributed by atoms with E-state index < -0.39 is 0 Å². The maximum Gasteiger partial charge on any atom is 0.252 e. The fourth-order valence-corrected chi connectivity index (χ4v) is 3.65. The number of nitrogens with zero attached hydrogens (tertiary/aromatic N) is 1. The average molecular weight is 463 g/mol. The molecule has 2 amide bonds. The van der Waals surface area contributed by atoms with Crippen molar-refractivity contribution in [2.45, 2.75) is 19.3 Å². The molecule has 0 bridgehead atoms. The minimum Gasteiger partial charge on any atom is -0.372 e. The van der Waals surface area contributed by atoms with E-state index in [9.17, 15) is 9.59 Å². The highest BCUT2D eigenvalue weighted by atomic mass is 127. The number of benzene rings is 2. The predicted octanol–water partition coefficient (Wildman–Crippen LogP) is 3.65. The number of anilines is 2. The fraction of sp³-hybridized carbons (Fsp3) is 0.300. The van der Waals surface area contributed by atoms with Crippen molar-refractivity contribution in [3.8, 4) is 0 Å². The number of amides is 2. The third-order valence-corrected chi connectivity index (χ3v) is 5.34. The van der Waals surface area contributed by atoms with E-state index in [2.05, 4.69) is 38.1 Å². The fourth-order valence-electron chi connectivity index (χ4n) is 3.01. The molecular formula is C20H22IN3O2. The number of piperidine rings is 1. The van der Waals surface area contributed by atoms with Crippen LogP contribution in [0.25, 0.3) is 0 Å². The maximum absolute atomic E-state index is 12.1. The Morgan fingerprint density at radius 2 is 1.65 bits per heavy atom. The Balaban J connectivity index is 1.50. The summed E-state index contributed by atoms with van der Waals surface area (Å²) >= 11 is 2.11. The molecule has 0 unspecified atom stereocenters. The normalized spacial score (nSPS) is 14.0. The first-order chi connectivity index (χ1) is 12.6. The Bertz CT molecular complexity index is 771. The summed E-state index contributed by atoms with van der Waals surface area (Å²) in [5.74, 6) is -0.486. The predicted molar refractivity (Wildman–Crippen MR) is 113 cm³/mol. The molecular weight excluding hydrogens is 441 g/mol. The highest BCUT2D eigenvalue weighted by Crippen LogP contribution is 2.21. The highest BCUT2D eigenvalue weighted by Gasteiger charge is 2.12. The van der Waals surface area contributed by atoms with Gasteiger partial charge in [0.15, 0.2) is 0 Å². The van der Waals surface area contributed by atoms with Crippen LogP contribution < -0.4 is 15.5 Å². The zero-order valence-corrected chi connectivity index (χ0v) is 16.7. The maximum atomic E-state index is 12.1. The van der Waals surface area contributed by atoms with Gasteiger partial charge in [0.1, 0.15) is 0 Å². The minimum absolute atomic E-state index is 0.0579. The molecule has 0 atom stereocenters. The molecule has 2 aromatic rings. The summed E-state index contributed by atoms with van der Waals surface area (Å²) in [5.41, 5.74) is 2.50. The third kappa shape index (κ3) is 4.97. The first-order valence-corrected chi connectivity index (χ1v) is 9.89. The van der Waals surface area contributed by atoms with E-state index in [1.807, 2.05) is 36.4 Å². The SMILES string of the molecule is O=C(CNC(=O)c1ccccc1I)Nc1ccc(N2CCCCC2)cc1. The quantitative estimate of drug-likeness (QED) is 0.666. The monoisotopic (exact) mass is 463 g/mol. The molecule has 0 radical (unpaired) electrons. The van der Waals surface area contributed by atoms with Crippen molar-refractivity contribution >= 4 is 45.8 Å². The summed E-state index contributed by atoms with van der Waals surface area (Å²) in [4.78, 5) is 26.6. The van der Waals surface area contributed by atoms with Crippen LogP contribution >= 0.6 is 22.6 Å². The standard InChI is InChI=1S/C20H22IN3O2/c21-18-7-3-2-6-17(18)20(26)22-14-19(25)23-15-8-10-16(11-9-15)24-12-4-1-5-13-24/h2-3,6-11H,1,4-5,12-14H2,(H,22,26)(H,23,25). The molecule has 2 aromatic carbocycles. The second kappa shape index (κ2) is 9.02. The smallest absolute Gasteiger partial charge is 0.252 e. The Labute approximate surface area is 167 Å². The molecule has 0 saturated carbocycles. The van der Waals surface area contributed by atoms with Gasteiger partial charge in [-0.25, -0.2) is 0 Å². The van der Waals surface area contributed by atoms with Crippen molar-refractivity contribution in [2.75, 3.05) is 29.9 Å². The Morgan fingerprint density at radius 3 is 2.35 bits per heavy atom. The number of carbonyl (C=O) groups is 2. The molecule has 136 valence electrons. The lowest BCUT2D eigenvalue weighted by molar-refractivity contribution is -0.115. The van der Waals surface area contributed by atoms with Crippen LogP contribution in [-0.2, 0) is 4.79 Å².